The molecule has 1 amide bonds. The minimum absolute atomic E-state index is 0. The predicted molar refractivity (Wildman–Crippen MR) is 114 cm³/mol. The topological polar surface area (TPSA) is 83.7 Å². The Morgan fingerprint density at radius 1 is 1.25 bits per heavy atom. The number of halogens is 1. The van der Waals surface area contributed by atoms with Crippen molar-refractivity contribution in [3.05, 3.63) is 35.9 Å². The van der Waals surface area contributed by atoms with E-state index in [1.165, 1.54) is 5.56 Å². The Balaban J connectivity index is 0.00000280. The molecule has 0 aliphatic carbocycles. The van der Waals surface area contributed by atoms with Gasteiger partial charge in [0.05, 0.1) is 18.1 Å². The lowest BCUT2D eigenvalue weighted by Crippen LogP contribution is -2.47. The average Bonchev–Trinajstić information content (AvgIpc) is 3.15. The number of carbonyl (C=O) groups is 1. The number of nitrogens with zero attached hydrogens (tertiary/aromatic N) is 2. The molecule has 2 heterocycles. The first-order valence-electron chi connectivity index (χ1n) is 9.78. The zero-order chi connectivity index (χ0) is 19.6. The molecular formula is C20H32ClN3O3S. The van der Waals surface area contributed by atoms with Gasteiger partial charge in [-0.15, -0.1) is 12.4 Å². The molecule has 28 heavy (non-hydrogen) atoms. The summed E-state index contributed by atoms with van der Waals surface area (Å²) in [4.78, 5) is 16.9. The summed E-state index contributed by atoms with van der Waals surface area (Å²) in [6, 6.07) is 10.0. The van der Waals surface area contributed by atoms with Crippen LogP contribution >= 0.6 is 12.4 Å². The van der Waals surface area contributed by atoms with Crippen LogP contribution in [0.5, 0.6) is 0 Å². The summed E-state index contributed by atoms with van der Waals surface area (Å²) in [5, 5.41) is 0. The van der Waals surface area contributed by atoms with E-state index in [9.17, 15) is 13.2 Å². The van der Waals surface area contributed by atoms with E-state index in [0.29, 0.717) is 32.0 Å². The highest BCUT2D eigenvalue weighted by atomic mass is 35.5. The number of hydrogen-bond donors (Lipinski definition) is 1. The first-order valence-corrected chi connectivity index (χ1v) is 11.6. The van der Waals surface area contributed by atoms with E-state index in [2.05, 4.69) is 30.9 Å². The molecule has 0 saturated carbocycles. The van der Waals surface area contributed by atoms with Crippen LogP contribution in [-0.2, 0) is 14.6 Å². The van der Waals surface area contributed by atoms with Gasteiger partial charge in [0.25, 0.3) is 0 Å². The lowest BCUT2D eigenvalue weighted by atomic mass is 9.95. The van der Waals surface area contributed by atoms with Gasteiger partial charge in [0.1, 0.15) is 0 Å². The smallest absolute Gasteiger partial charge is 0.237 e. The highest BCUT2D eigenvalue weighted by molar-refractivity contribution is 7.91. The fourth-order valence-electron chi connectivity index (χ4n) is 4.25. The monoisotopic (exact) mass is 429 g/mol. The van der Waals surface area contributed by atoms with Crippen molar-refractivity contribution in [3.8, 4) is 0 Å². The van der Waals surface area contributed by atoms with Gasteiger partial charge < -0.3 is 10.6 Å². The maximum Gasteiger partial charge on any atom is 0.237 e. The standard InChI is InChI=1S/C20H31N3O3S.ClH/c1-15(2)10-23(17-8-9-27(25,26)14-17)20(24)13-22-11-18(19(21)12-22)16-6-4-3-5-7-16;/h3-7,15,17-19H,8-14,21H2,1-2H3;1H/t17?,18-,19+;/m0./s1. The summed E-state index contributed by atoms with van der Waals surface area (Å²) in [5.74, 6) is 0.827. The second kappa shape index (κ2) is 9.57. The molecule has 2 N–H and O–H groups in total. The summed E-state index contributed by atoms with van der Waals surface area (Å²) in [6.07, 6.45) is 0.549. The van der Waals surface area contributed by atoms with Gasteiger partial charge in [-0.1, -0.05) is 44.2 Å². The Morgan fingerprint density at radius 2 is 1.93 bits per heavy atom. The Hall–Kier alpha value is -1.15. The van der Waals surface area contributed by atoms with E-state index in [1.54, 1.807) is 4.90 Å². The van der Waals surface area contributed by atoms with Crippen LogP contribution in [0.3, 0.4) is 0 Å². The van der Waals surface area contributed by atoms with Crippen LogP contribution in [0.15, 0.2) is 30.3 Å². The fraction of sp³-hybridized carbons (Fsp3) is 0.650. The molecule has 0 bridgehead atoms. The Kier molecular flexibility index (Phi) is 7.90. The van der Waals surface area contributed by atoms with Crippen molar-refractivity contribution in [1.82, 2.24) is 9.80 Å². The first kappa shape index (κ1) is 23.1. The van der Waals surface area contributed by atoms with Crippen molar-refractivity contribution in [2.45, 2.75) is 38.3 Å². The molecule has 2 fully saturated rings. The van der Waals surface area contributed by atoms with E-state index in [4.69, 9.17) is 5.73 Å². The second-order valence-corrected chi connectivity index (χ2v) is 10.6. The van der Waals surface area contributed by atoms with E-state index in [-0.39, 0.29) is 47.8 Å². The van der Waals surface area contributed by atoms with Crippen LogP contribution in [0, 0.1) is 5.92 Å². The van der Waals surface area contributed by atoms with Crippen molar-refractivity contribution in [2.24, 2.45) is 11.7 Å². The summed E-state index contributed by atoms with van der Waals surface area (Å²) in [6.45, 7) is 6.46. The van der Waals surface area contributed by atoms with Crippen LogP contribution in [0.25, 0.3) is 0 Å². The lowest BCUT2D eigenvalue weighted by Gasteiger charge is -2.31. The molecule has 1 aromatic rings. The maximum atomic E-state index is 13.0. The first-order chi connectivity index (χ1) is 12.7. The number of likely N-dealkylation sites (tertiary alicyclic amines) is 1. The summed E-state index contributed by atoms with van der Waals surface area (Å²) < 4.78 is 23.8. The summed E-state index contributed by atoms with van der Waals surface area (Å²) in [7, 11) is -3.02. The van der Waals surface area contributed by atoms with Crippen LogP contribution in [-0.4, -0.2) is 73.9 Å². The van der Waals surface area contributed by atoms with Gasteiger partial charge >= 0.3 is 0 Å². The molecule has 2 aliphatic heterocycles. The van der Waals surface area contributed by atoms with Gasteiger partial charge in [0.15, 0.2) is 9.84 Å². The van der Waals surface area contributed by atoms with Crippen LogP contribution in [0.2, 0.25) is 0 Å². The molecule has 2 saturated heterocycles. The molecule has 0 aromatic heterocycles. The molecule has 6 nitrogen and oxygen atoms in total. The third kappa shape index (κ3) is 5.69. The quantitative estimate of drug-likeness (QED) is 0.740. The number of carbonyl (C=O) groups excluding carboxylic acids is 1. The molecule has 2 aliphatic rings. The molecule has 3 rings (SSSR count). The van der Waals surface area contributed by atoms with Crippen molar-refractivity contribution in [3.63, 3.8) is 0 Å². The third-order valence-electron chi connectivity index (χ3n) is 5.56. The normalized spacial score (nSPS) is 26.9. The van der Waals surface area contributed by atoms with Crippen LogP contribution in [0.1, 0.15) is 31.7 Å². The Bertz CT molecular complexity index is 757. The van der Waals surface area contributed by atoms with Gasteiger partial charge in [-0.05, 0) is 17.9 Å². The zero-order valence-corrected chi connectivity index (χ0v) is 18.3. The maximum absolute atomic E-state index is 13.0. The molecule has 8 heteroatoms. The predicted octanol–water partition coefficient (Wildman–Crippen LogP) is 1.51. The van der Waals surface area contributed by atoms with Gasteiger partial charge in [0.2, 0.25) is 5.91 Å². The second-order valence-electron chi connectivity index (χ2n) is 8.37. The SMILES string of the molecule is CC(C)CN(C(=O)CN1C[C@@H](N)[C@H](c2ccccc2)C1)C1CCS(=O)(=O)C1.Cl. The molecule has 158 valence electrons. The number of nitrogens with two attached hydrogens (primary N) is 1. The fourth-order valence-corrected chi connectivity index (χ4v) is 5.98. The Morgan fingerprint density at radius 3 is 2.50 bits per heavy atom. The Labute approximate surface area is 174 Å². The van der Waals surface area contributed by atoms with E-state index in [1.807, 2.05) is 18.2 Å². The van der Waals surface area contributed by atoms with E-state index in [0.717, 1.165) is 6.54 Å². The molecule has 0 radical (unpaired) electrons. The highest BCUT2D eigenvalue weighted by Crippen LogP contribution is 2.27. The minimum Gasteiger partial charge on any atom is -0.337 e. The largest absolute Gasteiger partial charge is 0.337 e. The highest BCUT2D eigenvalue weighted by Gasteiger charge is 2.37. The van der Waals surface area contributed by atoms with Gasteiger partial charge in [-0.25, -0.2) is 8.42 Å². The molecule has 0 spiro atoms. The van der Waals surface area contributed by atoms with Gasteiger partial charge in [0, 0.05) is 37.6 Å². The number of sulfone groups is 1. The van der Waals surface area contributed by atoms with Gasteiger partial charge in [-0.2, -0.15) is 0 Å². The van der Waals surface area contributed by atoms with Gasteiger partial charge in [-0.3, -0.25) is 9.69 Å². The van der Waals surface area contributed by atoms with Crippen molar-refractivity contribution >= 4 is 28.2 Å². The molecule has 3 atom stereocenters. The summed E-state index contributed by atoms with van der Waals surface area (Å²) in [5.41, 5.74) is 7.55. The lowest BCUT2D eigenvalue weighted by molar-refractivity contribution is -0.134. The van der Waals surface area contributed by atoms with E-state index >= 15 is 0 Å². The average molecular weight is 430 g/mol. The number of amides is 1. The van der Waals surface area contributed by atoms with Crippen LogP contribution < -0.4 is 5.73 Å². The minimum atomic E-state index is -3.02. The van der Waals surface area contributed by atoms with Crippen molar-refractivity contribution in [2.75, 3.05) is 37.7 Å². The number of rotatable bonds is 6. The van der Waals surface area contributed by atoms with Crippen molar-refractivity contribution < 1.29 is 13.2 Å². The molecular weight excluding hydrogens is 398 g/mol. The third-order valence-corrected chi connectivity index (χ3v) is 7.31. The number of hydrogen-bond acceptors (Lipinski definition) is 5. The molecule has 1 aromatic carbocycles. The van der Waals surface area contributed by atoms with Crippen molar-refractivity contribution in [1.29, 1.82) is 0 Å². The zero-order valence-electron chi connectivity index (χ0n) is 16.7. The summed E-state index contributed by atoms with van der Waals surface area (Å²) >= 11 is 0. The number of benzene rings is 1. The van der Waals surface area contributed by atoms with Crippen LogP contribution in [0.4, 0.5) is 0 Å². The van der Waals surface area contributed by atoms with E-state index < -0.39 is 9.84 Å². The molecule has 1 unspecified atom stereocenters.